The molecule has 0 aliphatic carbocycles. The van der Waals surface area contributed by atoms with Gasteiger partial charge in [0.2, 0.25) is 5.89 Å². The van der Waals surface area contributed by atoms with E-state index >= 15 is 0 Å². The van der Waals surface area contributed by atoms with Crippen molar-refractivity contribution >= 4 is 16.9 Å². The zero-order valence-corrected chi connectivity index (χ0v) is 14.4. The quantitative estimate of drug-likeness (QED) is 0.766. The number of para-hydroxylation sites is 2. The van der Waals surface area contributed by atoms with Crippen LogP contribution in [0.15, 0.2) is 35.0 Å². The zero-order valence-electron chi connectivity index (χ0n) is 14.4. The summed E-state index contributed by atoms with van der Waals surface area (Å²) in [6.07, 6.45) is 4.85. The molecule has 0 saturated carbocycles. The summed E-state index contributed by atoms with van der Waals surface area (Å²) < 4.78 is 5.20. The van der Waals surface area contributed by atoms with E-state index in [0.717, 1.165) is 61.6 Å². The van der Waals surface area contributed by atoms with Gasteiger partial charge in [-0.05, 0) is 31.5 Å². The van der Waals surface area contributed by atoms with Crippen molar-refractivity contribution in [1.29, 1.82) is 0 Å². The SMILES string of the molecule is CCc1nc(CN2CCC[C@H](Nc3cnc4ccccc4n3)C2)no1. The summed E-state index contributed by atoms with van der Waals surface area (Å²) in [6.45, 7) is 4.73. The second-order valence-electron chi connectivity index (χ2n) is 6.42. The van der Waals surface area contributed by atoms with Gasteiger partial charge in [-0.15, -0.1) is 0 Å². The highest BCUT2D eigenvalue weighted by Crippen LogP contribution is 2.18. The second kappa shape index (κ2) is 7.14. The molecule has 0 unspecified atom stereocenters. The average molecular weight is 338 g/mol. The molecule has 7 heteroatoms. The van der Waals surface area contributed by atoms with Crippen LogP contribution >= 0.6 is 0 Å². The molecule has 3 aromatic rings. The molecule has 130 valence electrons. The Labute approximate surface area is 146 Å². The molecule has 3 heterocycles. The van der Waals surface area contributed by atoms with Crippen molar-refractivity contribution < 1.29 is 4.52 Å². The van der Waals surface area contributed by atoms with Crippen LogP contribution in [0.1, 0.15) is 31.5 Å². The first kappa shape index (κ1) is 16.0. The lowest BCUT2D eigenvalue weighted by Crippen LogP contribution is -2.41. The van der Waals surface area contributed by atoms with Gasteiger partial charge in [0, 0.05) is 19.0 Å². The number of hydrogen-bond donors (Lipinski definition) is 1. The van der Waals surface area contributed by atoms with E-state index in [-0.39, 0.29) is 0 Å². The summed E-state index contributed by atoms with van der Waals surface area (Å²) in [6, 6.07) is 8.28. The molecule has 7 nitrogen and oxygen atoms in total. The number of aryl methyl sites for hydroxylation is 1. The van der Waals surface area contributed by atoms with Crippen LogP contribution in [0.5, 0.6) is 0 Å². The number of hydrogen-bond acceptors (Lipinski definition) is 7. The van der Waals surface area contributed by atoms with Gasteiger partial charge in [0.1, 0.15) is 5.82 Å². The van der Waals surface area contributed by atoms with E-state index in [4.69, 9.17) is 4.52 Å². The van der Waals surface area contributed by atoms with Crippen LogP contribution in [-0.4, -0.2) is 44.1 Å². The minimum Gasteiger partial charge on any atom is -0.365 e. The van der Waals surface area contributed by atoms with Crippen LogP contribution in [0.4, 0.5) is 5.82 Å². The molecule has 1 saturated heterocycles. The monoisotopic (exact) mass is 338 g/mol. The summed E-state index contributed by atoms with van der Waals surface area (Å²) in [4.78, 5) is 15.9. The third-order valence-electron chi connectivity index (χ3n) is 4.48. The van der Waals surface area contributed by atoms with Crippen molar-refractivity contribution in [2.75, 3.05) is 18.4 Å². The predicted molar refractivity (Wildman–Crippen MR) is 95.1 cm³/mol. The van der Waals surface area contributed by atoms with Crippen LogP contribution in [-0.2, 0) is 13.0 Å². The highest BCUT2D eigenvalue weighted by molar-refractivity contribution is 5.75. The normalized spacial score (nSPS) is 18.5. The van der Waals surface area contributed by atoms with Gasteiger partial charge in [-0.25, -0.2) is 4.98 Å². The van der Waals surface area contributed by atoms with Gasteiger partial charge in [-0.1, -0.05) is 24.2 Å². The average Bonchev–Trinajstić information content (AvgIpc) is 3.09. The van der Waals surface area contributed by atoms with Crippen LogP contribution < -0.4 is 5.32 Å². The van der Waals surface area contributed by atoms with Crippen molar-refractivity contribution in [3.8, 4) is 0 Å². The van der Waals surface area contributed by atoms with Crippen molar-refractivity contribution in [3.05, 3.63) is 42.2 Å². The molecule has 25 heavy (non-hydrogen) atoms. The van der Waals surface area contributed by atoms with Crippen LogP contribution in [0.3, 0.4) is 0 Å². The first-order chi connectivity index (χ1) is 12.3. The minimum absolute atomic E-state index is 0.349. The summed E-state index contributed by atoms with van der Waals surface area (Å²) in [5, 5.41) is 7.58. The smallest absolute Gasteiger partial charge is 0.226 e. The fourth-order valence-electron chi connectivity index (χ4n) is 3.25. The summed E-state index contributed by atoms with van der Waals surface area (Å²) in [5.41, 5.74) is 1.83. The van der Waals surface area contributed by atoms with Crippen LogP contribution in [0.25, 0.3) is 11.0 Å². The van der Waals surface area contributed by atoms with Crippen molar-refractivity contribution in [2.45, 2.75) is 38.8 Å². The Balaban J connectivity index is 1.40. The molecule has 1 N–H and O–H groups in total. The summed E-state index contributed by atoms with van der Waals surface area (Å²) in [7, 11) is 0. The van der Waals surface area contributed by atoms with E-state index in [0.29, 0.717) is 11.9 Å². The maximum Gasteiger partial charge on any atom is 0.226 e. The third-order valence-corrected chi connectivity index (χ3v) is 4.48. The number of nitrogens with one attached hydrogen (secondary N) is 1. The highest BCUT2D eigenvalue weighted by atomic mass is 16.5. The molecule has 0 radical (unpaired) electrons. The molecule has 1 aromatic carbocycles. The molecule has 4 rings (SSSR count). The van der Waals surface area contributed by atoms with E-state index < -0.39 is 0 Å². The Morgan fingerprint density at radius 2 is 2.12 bits per heavy atom. The Kier molecular flexibility index (Phi) is 4.56. The lowest BCUT2D eigenvalue weighted by Gasteiger charge is -2.32. The van der Waals surface area contributed by atoms with Gasteiger partial charge < -0.3 is 9.84 Å². The van der Waals surface area contributed by atoms with Crippen molar-refractivity contribution in [3.63, 3.8) is 0 Å². The zero-order chi connectivity index (χ0) is 17.1. The molecule has 2 aromatic heterocycles. The van der Waals surface area contributed by atoms with Gasteiger partial charge in [-0.3, -0.25) is 9.88 Å². The number of fused-ring (bicyclic) bond motifs is 1. The number of likely N-dealkylation sites (tertiary alicyclic amines) is 1. The Morgan fingerprint density at radius 1 is 1.24 bits per heavy atom. The molecule has 0 spiro atoms. The standard InChI is InChI=1S/C18H22N6O/c1-2-18-22-17(23-25-18)12-24-9-5-6-13(11-24)20-16-10-19-14-7-3-4-8-15(14)21-16/h3-4,7-8,10,13H,2,5-6,9,11-12H2,1H3,(H,20,21)/t13-/m0/s1. The highest BCUT2D eigenvalue weighted by Gasteiger charge is 2.21. The topological polar surface area (TPSA) is 80.0 Å². The molecular weight excluding hydrogens is 316 g/mol. The maximum absolute atomic E-state index is 5.20. The van der Waals surface area contributed by atoms with E-state index in [2.05, 4.69) is 30.3 Å². The van der Waals surface area contributed by atoms with Gasteiger partial charge in [0.05, 0.1) is 23.8 Å². The van der Waals surface area contributed by atoms with E-state index in [9.17, 15) is 0 Å². The van der Waals surface area contributed by atoms with Crippen molar-refractivity contribution in [1.82, 2.24) is 25.0 Å². The minimum atomic E-state index is 0.349. The first-order valence-corrected chi connectivity index (χ1v) is 8.82. The summed E-state index contributed by atoms with van der Waals surface area (Å²) >= 11 is 0. The number of benzene rings is 1. The molecule has 1 atom stereocenters. The van der Waals surface area contributed by atoms with Gasteiger partial charge in [0.25, 0.3) is 0 Å². The largest absolute Gasteiger partial charge is 0.365 e. The molecular formula is C18H22N6O. The Morgan fingerprint density at radius 3 is 2.96 bits per heavy atom. The fraction of sp³-hybridized carbons (Fsp3) is 0.444. The molecule has 1 aliphatic rings. The predicted octanol–water partition coefficient (Wildman–Crippen LogP) is 2.65. The van der Waals surface area contributed by atoms with Crippen molar-refractivity contribution in [2.24, 2.45) is 0 Å². The van der Waals surface area contributed by atoms with E-state index in [1.54, 1.807) is 0 Å². The Bertz CT molecular complexity index is 848. The molecule has 0 amide bonds. The summed E-state index contributed by atoms with van der Waals surface area (Å²) in [5.74, 6) is 2.30. The molecule has 1 fully saturated rings. The lowest BCUT2D eigenvalue weighted by atomic mass is 10.1. The lowest BCUT2D eigenvalue weighted by molar-refractivity contribution is 0.201. The van der Waals surface area contributed by atoms with Gasteiger partial charge >= 0.3 is 0 Å². The third kappa shape index (κ3) is 3.76. The van der Waals surface area contributed by atoms with E-state index in [1.165, 1.54) is 0 Å². The number of nitrogens with zero attached hydrogens (tertiary/aromatic N) is 5. The number of aromatic nitrogens is 4. The van der Waals surface area contributed by atoms with Crippen LogP contribution in [0.2, 0.25) is 0 Å². The number of rotatable bonds is 5. The molecule has 0 bridgehead atoms. The fourth-order valence-corrected chi connectivity index (χ4v) is 3.25. The first-order valence-electron chi connectivity index (χ1n) is 8.82. The van der Waals surface area contributed by atoms with E-state index in [1.807, 2.05) is 37.4 Å². The van der Waals surface area contributed by atoms with Gasteiger partial charge in [-0.2, -0.15) is 4.98 Å². The number of anilines is 1. The Hall–Kier alpha value is -2.54. The second-order valence-corrected chi connectivity index (χ2v) is 6.42. The molecule has 1 aliphatic heterocycles. The van der Waals surface area contributed by atoms with Gasteiger partial charge in [0.15, 0.2) is 5.82 Å². The maximum atomic E-state index is 5.20. The number of piperidine rings is 1. The van der Waals surface area contributed by atoms with Crippen LogP contribution in [0, 0.1) is 0 Å².